The van der Waals surface area contributed by atoms with Crippen molar-refractivity contribution in [1.82, 2.24) is 9.80 Å². The SMILES string of the molecule is C=CCN(CC(=O)N1CCc2sccc2C1c1ccccc1C)C(=O)c1ccc(Br)cc1. The molecule has 3 aromatic rings. The van der Waals surface area contributed by atoms with Crippen molar-refractivity contribution in [3.8, 4) is 0 Å². The Kier molecular flexibility index (Phi) is 6.92. The Balaban J connectivity index is 1.62. The smallest absolute Gasteiger partial charge is 0.254 e. The Hall–Kier alpha value is -2.70. The van der Waals surface area contributed by atoms with Crippen molar-refractivity contribution in [1.29, 1.82) is 0 Å². The third-order valence-electron chi connectivity index (χ3n) is 5.82. The van der Waals surface area contributed by atoms with E-state index in [1.807, 2.05) is 29.2 Å². The van der Waals surface area contributed by atoms with Crippen LogP contribution in [0.3, 0.4) is 0 Å². The zero-order valence-electron chi connectivity index (χ0n) is 18.0. The Morgan fingerprint density at radius 1 is 1.16 bits per heavy atom. The average Bonchev–Trinajstić information content (AvgIpc) is 3.27. The third kappa shape index (κ3) is 4.57. The van der Waals surface area contributed by atoms with Crippen LogP contribution in [0.1, 0.15) is 38.0 Å². The van der Waals surface area contributed by atoms with E-state index < -0.39 is 0 Å². The average molecular weight is 509 g/mol. The topological polar surface area (TPSA) is 40.6 Å². The van der Waals surface area contributed by atoms with Gasteiger partial charge in [0.1, 0.15) is 6.54 Å². The number of hydrogen-bond donors (Lipinski definition) is 0. The summed E-state index contributed by atoms with van der Waals surface area (Å²) < 4.78 is 0.904. The van der Waals surface area contributed by atoms with Gasteiger partial charge in [-0.15, -0.1) is 17.9 Å². The van der Waals surface area contributed by atoms with Gasteiger partial charge in [-0.1, -0.05) is 46.3 Å². The van der Waals surface area contributed by atoms with E-state index >= 15 is 0 Å². The van der Waals surface area contributed by atoms with Gasteiger partial charge in [0.2, 0.25) is 5.91 Å². The molecule has 6 heteroatoms. The second kappa shape index (κ2) is 9.84. The molecule has 0 radical (unpaired) electrons. The van der Waals surface area contributed by atoms with Crippen LogP contribution in [0.2, 0.25) is 0 Å². The summed E-state index contributed by atoms with van der Waals surface area (Å²) >= 11 is 5.15. The summed E-state index contributed by atoms with van der Waals surface area (Å²) in [6, 6.07) is 17.4. The molecule has 0 fully saturated rings. The lowest BCUT2D eigenvalue weighted by molar-refractivity contribution is -0.133. The number of carbonyl (C=O) groups is 2. The molecule has 1 atom stereocenters. The van der Waals surface area contributed by atoms with Gasteiger partial charge in [-0.3, -0.25) is 9.59 Å². The zero-order valence-corrected chi connectivity index (χ0v) is 20.4. The summed E-state index contributed by atoms with van der Waals surface area (Å²) in [5, 5.41) is 2.10. The maximum Gasteiger partial charge on any atom is 0.254 e. The van der Waals surface area contributed by atoms with Crippen LogP contribution in [0.15, 0.2) is 77.1 Å². The van der Waals surface area contributed by atoms with E-state index in [1.165, 1.54) is 10.4 Å². The van der Waals surface area contributed by atoms with Crippen molar-refractivity contribution >= 4 is 39.1 Å². The van der Waals surface area contributed by atoms with E-state index in [9.17, 15) is 9.59 Å². The Bertz CT molecular complexity index is 1140. The maximum atomic E-state index is 13.6. The van der Waals surface area contributed by atoms with Crippen LogP contribution < -0.4 is 0 Å². The first-order chi connectivity index (χ1) is 15.5. The number of thiophene rings is 1. The molecule has 0 aliphatic carbocycles. The number of rotatable bonds is 6. The molecular weight excluding hydrogens is 484 g/mol. The highest BCUT2D eigenvalue weighted by atomic mass is 79.9. The number of aryl methyl sites for hydroxylation is 1. The first-order valence-corrected chi connectivity index (χ1v) is 12.2. The van der Waals surface area contributed by atoms with Gasteiger partial charge < -0.3 is 9.80 Å². The quantitative estimate of drug-likeness (QED) is 0.405. The van der Waals surface area contributed by atoms with Gasteiger partial charge in [0, 0.05) is 28.0 Å². The molecule has 0 bridgehead atoms. The summed E-state index contributed by atoms with van der Waals surface area (Å²) in [6.07, 6.45) is 2.50. The van der Waals surface area contributed by atoms with Crippen molar-refractivity contribution in [2.24, 2.45) is 0 Å². The second-order valence-electron chi connectivity index (χ2n) is 7.88. The molecule has 4 nitrogen and oxygen atoms in total. The Morgan fingerprint density at radius 2 is 1.91 bits per heavy atom. The predicted molar refractivity (Wildman–Crippen MR) is 133 cm³/mol. The van der Waals surface area contributed by atoms with Gasteiger partial charge in [0.05, 0.1) is 6.04 Å². The fourth-order valence-electron chi connectivity index (χ4n) is 4.22. The molecule has 2 aromatic carbocycles. The largest absolute Gasteiger partial charge is 0.330 e. The summed E-state index contributed by atoms with van der Waals surface area (Å²) in [6.45, 7) is 6.83. The zero-order chi connectivity index (χ0) is 22.7. The number of amides is 2. The lowest BCUT2D eigenvalue weighted by Crippen LogP contribution is -2.47. The normalized spacial score (nSPS) is 15.2. The van der Waals surface area contributed by atoms with Gasteiger partial charge in [-0.25, -0.2) is 0 Å². The van der Waals surface area contributed by atoms with Crippen molar-refractivity contribution in [3.63, 3.8) is 0 Å². The second-order valence-corrected chi connectivity index (χ2v) is 9.79. The third-order valence-corrected chi connectivity index (χ3v) is 7.35. The molecule has 0 saturated carbocycles. The fourth-order valence-corrected chi connectivity index (χ4v) is 5.39. The molecule has 0 saturated heterocycles. The standard InChI is InChI=1S/C26H25BrN2O2S/c1-3-14-28(26(31)19-8-10-20(27)11-9-19)17-24(30)29-15-12-23-22(13-16-32-23)25(29)21-7-5-4-6-18(21)2/h3-11,13,16,25H,1,12,14-15,17H2,2H3. The minimum absolute atomic E-state index is 0.0166. The molecule has 4 rings (SSSR count). The number of nitrogens with zero attached hydrogens (tertiary/aromatic N) is 2. The molecule has 0 spiro atoms. The van der Waals surface area contributed by atoms with Gasteiger partial charge in [0.15, 0.2) is 0 Å². The molecule has 1 aliphatic rings. The van der Waals surface area contributed by atoms with Crippen LogP contribution in [-0.2, 0) is 11.2 Å². The molecule has 1 aromatic heterocycles. The molecule has 2 heterocycles. The van der Waals surface area contributed by atoms with Crippen molar-refractivity contribution in [2.75, 3.05) is 19.6 Å². The maximum absolute atomic E-state index is 13.6. The lowest BCUT2D eigenvalue weighted by atomic mass is 9.90. The van der Waals surface area contributed by atoms with Gasteiger partial charge in [-0.2, -0.15) is 0 Å². The minimum Gasteiger partial charge on any atom is -0.330 e. The highest BCUT2D eigenvalue weighted by molar-refractivity contribution is 9.10. The lowest BCUT2D eigenvalue weighted by Gasteiger charge is -2.38. The monoisotopic (exact) mass is 508 g/mol. The summed E-state index contributed by atoms with van der Waals surface area (Å²) in [5.74, 6) is -0.228. The van der Waals surface area contributed by atoms with Crippen molar-refractivity contribution in [3.05, 3.63) is 104 Å². The summed E-state index contributed by atoms with van der Waals surface area (Å²) in [5.41, 5.74) is 4.04. The molecule has 1 aliphatic heterocycles. The van der Waals surface area contributed by atoms with E-state index in [4.69, 9.17) is 0 Å². The van der Waals surface area contributed by atoms with Gasteiger partial charge in [0.25, 0.3) is 5.91 Å². The number of benzene rings is 2. The van der Waals surface area contributed by atoms with Crippen LogP contribution in [0.5, 0.6) is 0 Å². The molecule has 2 amide bonds. The van der Waals surface area contributed by atoms with Crippen LogP contribution in [0.4, 0.5) is 0 Å². The highest BCUT2D eigenvalue weighted by Gasteiger charge is 2.34. The number of carbonyl (C=O) groups excluding carboxylic acids is 2. The van der Waals surface area contributed by atoms with Crippen LogP contribution in [-0.4, -0.2) is 41.2 Å². The predicted octanol–water partition coefficient (Wildman–Crippen LogP) is 5.62. The van der Waals surface area contributed by atoms with Crippen molar-refractivity contribution in [2.45, 2.75) is 19.4 Å². The first-order valence-electron chi connectivity index (χ1n) is 10.6. The molecule has 164 valence electrons. The van der Waals surface area contributed by atoms with Crippen LogP contribution in [0, 0.1) is 6.92 Å². The van der Waals surface area contributed by atoms with E-state index in [0.29, 0.717) is 18.7 Å². The van der Waals surface area contributed by atoms with Crippen LogP contribution >= 0.6 is 27.3 Å². The van der Waals surface area contributed by atoms with Crippen molar-refractivity contribution < 1.29 is 9.59 Å². The molecular formula is C26H25BrN2O2S. The summed E-state index contributed by atoms with van der Waals surface area (Å²) in [4.78, 5) is 31.5. The fraction of sp³-hybridized carbons (Fsp3) is 0.231. The van der Waals surface area contributed by atoms with Gasteiger partial charge >= 0.3 is 0 Å². The van der Waals surface area contributed by atoms with E-state index in [2.05, 4.69) is 53.0 Å². The van der Waals surface area contributed by atoms with E-state index in [-0.39, 0.29) is 24.4 Å². The summed E-state index contributed by atoms with van der Waals surface area (Å²) in [7, 11) is 0. The molecule has 1 unspecified atom stereocenters. The number of fused-ring (bicyclic) bond motifs is 1. The van der Waals surface area contributed by atoms with E-state index in [0.717, 1.165) is 22.0 Å². The number of hydrogen-bond acceptors (Lipinski definition) is 3. The molecule has 32 heavy (non-hydrogen) atoms. The Morgan fingerprint density at radius 3 is 2.62 bits per heavy atom. The Labute approximate surface area is 201 Å². The minimum atomic E-state index is -0.175. The first kappa shape index (κ1) is 22.5. The van der Waals surface area contributed by atoms with E-state index in [1.54, 1.807) is 34.4 Å². The highest BCUT2D eigenvalue weighted by Crippen LogP contribution is 2.39. The molecule has 0 N–H and O–H groups in total. The van der Waals surface area contributed by atoms with Crippen LogP contribution in [0.25, 0.3) is 0 Å². The van der Waals surface area contributed by atoms with Gasteiger partial charge in [-0.05, 0) is 65.7 Å². The number of halogens is 1.